The Labute approximate surface area is 170 Å². The van der Waals surface area contributed by atoms with E-state index in [1.165, 1.54) is 0 Å². The number of benzene rings is 1. The lowest BCUT2D eigenvalue weighted by atomic mass is 10.1. The maximum absolute atomic E-state index is 12.5. The minimum absolute atomic E-state index is 0.186. The Hall–Kier alpha value is -3.03. The van der Waals surface area contributed by atoms with Crippen molar-refractivity contribution in [3.05, 3.63) is 39.8 Å². The smallest absolute Gasteiger partial charge is 0.278 e. The van der Waals surface area contributed by atoms with Gasteiger partial charge in [-0.2, -0.15) is 5.10 Å². The lowest BCUT2D eigenvalue weighted by Crippen LogP contribution is -2.16. The summed E-state index contributed by atoms with van der Waals surface area (Å²) in [5.74, 6) is 1.96. The van der Waals surface area contributed by atoms with Crippen LogP contribution in [0.4, 0.5) is 5.95 Å². The molecule has 0 radical (unpaired) electrons. The van der Waals surface area contributed by atoms with Gasteiger partial charge in [-0.15, -0.1) is 0 Å². The van der Waals surface area contributed by atoms with Crippen LogP contribution in [0.2, 0.25) is 0 Å². The van der Waals surface area contributed by atoms with Gasteiger partial charge in [0, 0.05) is 13.6 Å². The van der Waals surface area contributed by atoms with Crippen molar-refractivity contribution in [1.29, 1.82) is 0 Å². The van der Waals surface area contributed by atoms with Crippen LogP contribution in [0.5, 0.6) is 11.5 Å². The Kier molecular flexibility index (Phi) is 6.74. The van der Waals surface area contributed by atoms with E-state index >= 15 is 0 Å². The zero-order valence-corrected chi connectivity index (χ0v) is 17.5. The molecule has 0 saturated carbocycles. The molecular formula is C21H29N5O3. The molecule has 0 amide bonds. The van der Waals surface area contributed by atoms with Crippen molar-refractivity contribution < 1.29 is 9.47 Å². The molecule has 3 aromatic rings. The predicted molar refractivity (Wildman–Crippen MR) is 114 cm³/mol. The number of H-pyrrole nitrogens is 1. The topological polar surface area (TPSA) is 94.1 Å². The molecule has 156 valence electrons. The third kappa shape index (κ3) is 4.70. The van der Waals surface area contributed by atoms with E-state index in [9.17, 15) is 4.79 Å². The lowest BCUT2D eigenvalue weighted by molar-refractivity contribution is 0.287. The molecule has 0 aliphatic carbocycles. The number of aryl methyl sites for hydroxylation is 2. The second kappa shape index (κ2) is 9.45. The van der Waals surface area contributed by atoms with Gasteiger partial charge < -0.3 is 14.8 Å². The molecule has 3 rings (SSSR count). The van der Waals surface area contributed by atoms with Crippen LogP contribution in [0.1, 0.15) is 38.4 Å². The zero-order valence-electron chi connectivity index (χ0n) is 17.5. The fourth-order valence-electron chi connectivity index (χ4n) is 3.31. The van der Waals surface area contributed by atoms with Gasteiger partial charge in [0.05, 0.1) is 18.9 Å². The summed E-state index contributed by atoms with van der Waals surface area (Å²) >= 11 is 0. The molecule has 0 aliphatic heterocycles. The van der Waals surface area contributed by atoms with Crippen molar-refractivity contribution in [2.45, 2.75) is 40.0 Å². The molecule has 0 unspecified atom stereocenters. The molecule has 8 nitrogen and oxygen atoms in total. The number of hydrogen-bond acceptors (Lipinski definition) is 6. The Bertz CT molecular complexity index is 1030. The van der Waals surface area contributed by atoms with Crippen molar-refractivity contribution in [1.82, 2.24) is 19.7 Å². The van der Waals surface area contributed by atoms with E-state index in [-0.39, 0.29) is 5.56 Å². The average Bonchev–Trinajstić information content (AvgIpc) is 3.00. The first kappa shape index (κ1) is 20.7. The molecule has 0 bridgehead atoms. The number of rotatable bonds is 10. The largest absolute Gasteiger partial charge is 0.490 e. The van der Waals surface area contributed by atoms with Gasteiger partial charge in [-0.3, -0.25) is 14.5 Å². The predicted octanol–water partition coefficient (Wildman–Crippen LogP) is 3.06. The highest BCUT2D eigenvalue weighted by atomic mass is 16.5. The molecule has 0 aliphatic rings. The summed E-state index contributed by atoms with van der Waals surface area (Å²) in [6, 6.07) is 5.95. The van der Waals surface area contributed by atoms with E-state index in [2.05, 4.69) is 27.3 Å². The number of anilines is 1. The second-order valence-electron chi connectivity index (χ2n) is 6.76. The van der Waals surface area contributed by atoms with Crippen LogP contribution in [-0.2, 0) is 19.9 Å². The highest BCUT2D eigenvalue weighted by Gasteiger charge is 2.14. The van der Waals surface area contributed by atoms with Gasteiger partial charge in [-0.25, -0.2) is 4.98 Å². The lowest BCUT2D eigenvalue weighted by Gasteiger charge is -2.12. The van der Waals surface area contributed by atoms with E-state index < -0.39 is 0 Å². The molecular weight excluding hydrogens is 370 g/mol. The summed E-state index contributed by atoms with van der Waals surface area (Å²) in [7, 11) is 1.77. The number of ether oxygens (including phenoxy) is 2. The van der Waals surface area contributed by atoms with Gasteiger partial charge >= 0.3 is 0 Å². The van der Waals surface area contributed by atoms with Crippen LogP contribution in [0.3, 0.4) is 0 Å². The van der Waals surface area contributed by atoms with Crippen LogP contribution >= 0.6 is 0 Å². The Morgan fingerprint density at radius 2 is 1.86 bits per heavy atom. The highest BCUT2D eigenvalue weighted by molar-refractivity contribution is 5.77. The van der Waals surface area contributed by atoms with Gasteiger partial charge in [0.2, 0.25) is 5.95 Å². The quantitative estimate of drug-likeness (QED) is 0.544. The number of nitrogens with one attached hydrogen (secondary N) is 2. The SMILES string of the molecule is CCCc1nn(C)c2c(=O)[nH]c(NCCc3ccc(OCC)c(OCC)c3)nc12. The minimum atomic E-state index is -0.186. The fourth-order valence-corrected chi connectivity index (χ4v) is 3.31. The molecule has 0 fully saturated rings. The molecule has 0 atom stereocenters. The average molecular weight is 399 g/mol. The van der Waals surface area contributed by atoms with Crippen molar-refractivity contribution in [3.8, 4) is 11.5 Å². The zero-order chi connectivity index (χ0) is 20.8. The van der Waals surface area contributed by atoms with Crippen LogP contribution < -0.4 is 20.3 Å². The minimum Gasteiger partial charge on any atom is -0.490 e. The maximum Gasteiger partial charge on any atom is 0.278 e. The second-order valence-corrected chi connectivity index (χ2v) is 6.76. The summed E-state index contributed by atoms with van der Waals surface area (Å²) < 4.78 is 12.9. The molecule has 1 aromatic carbocycles. The summed E-state index contributed by atoms with van der Waals surface area (Å²) in [4.78, 5) is 19.9. The summed E-state index contributed by atoms with van der Waals surface area (Å²) in [5.41, 5.74) is 2.95. The van der Waals surface area contributed by atoms with E-state index in [1.807, 2.05) is 32.0 Å². The van der Waals surface area contributed by atoms with Crippen molar-refractivity contribution >= 4 is 17.0 Å². The Balaban J connectivity index is 1.73. The molecule has 2 aromatic heterocycles. The number of aromatic nitrogens is 4. The van der Waals surface area contributed by atoms with E-state index in [4.69, 9.17) is 9.47 Å². The fraction of sp³-hybridized carbons (Fsp3) is 0.476. The van der Waals surface area contributed by atoms with Crippen LogP contribution in [0, 0.1) is 0 Å². The molecule has 2 N–H and O–H groups in total. The number of hydrogen-bond donors (Lipinski definition) is 2. The van der Waals surface area contributed by atoms with Crippen LogP contribution in [-0.4, -0.2) is 39.5 Å². The van der Waals surface area contributed by atoms with Crippen molar-refractivity contribution in [2.24, 2.45) is 7.05 Å². The standard InChI is InChI=1S/C21H29N5O3/c1-5-8-15-18-19(26(4)25-15)20(27)24-21(23-18)22-12-11-14-9-10-16(28-6-2)17(13-14)29-7-3/h9-10,13H,5-8,11-12H2,1-4H3,(H2,22,23,24,27). The first-order valence-corrected chi connectivity index (χ1v) is 10.2. The van der Waals surface area contributed by atoms with Crippen molar-refractivity contribution in [3.63, 3.8) is 0 Å². The summed E-state index contributed by atoms with van der Waals surface area (Å²) in [6.45, 7) is 7.78. The van der Waals surface area contributed by atoms with Gasteiger partial charge in [-0.05, 0) is 44.4 Å². The highest BCUT2D eigenvalue weighted by Crippen LogP contribution is 2.28. The van der Waals surface area contributed by atoms with Crippen LogP contribution in [0.15, 0.2) is 23.0 Å². The van der Waals surface area contributed by atoms with E-state index in [0.717, 1.165) is 42.0 Å². The normalized spacial score (nSPS) is 11.0. The van der Waals surface area contributed by atoms with Crippen molar-refractivity contribution in [2.75, 3.05) is 25.1 Å². The molecule has 29 heavy (non-hydrogen) atoms. The summed E-state index contributed by atoms with van der Waals surface area (Å²) in [5, 5.41) is 7.66. The Morgan fingerprint density at radius 1 is 1.10 bits per heavy atom. The van der Waals surface area contributed by atoms with E-state index in [0.29, 0.717) is 36.7 Å². The maximum atomic E-state index is 12.5. The van der Waals surface area contributed by atoms with Gasteiger partial charge in [0.1, 0.15) is 5.52 Å². The number of fused-ring (bicyclic) bond motifs is 1. The third-order valence-corrected chi connectivity index (χ3v) is 4.56. The molecule has 2 heterocycles. The third-order valence-electron chi connectivity index (χ3n) is 4.56. The van der Waals surface area contributed by atoms with Gasteiger partial charge in [0.25, 0.3) is 5.56 Å². The van der Waals surface area contributed by atoms with Gasteiger partial charge in [-0.1, -0.05) is 19.4 Å². The molecule has 0 spiro atoms. The summed E-state index contributed by atoms with van der Waals surface area (Å²) in [6.07, 6.45) is 2.49. The molecule has 0 saturated heterocycles. The Morgan fingerprint density at radius 3 is 2.59 bits per heavy atom. The molecule has 8 heteroatoms. The van der Waals surface area contributed by atoms with Crippen LogP contribution in [0.25, 0.3) is 11.0 Å². The number of nitrogens with zero attached hydrogens (tertiary/aromatic N) is 3. The number of aromatic amines is 1. The van der Waals surface area contributed by atoms with E-state index in [1.54, 1.807) is 11.7 Å². The monoisotopic (exact) mass is 399 g/mol. The first-order chi connectivity index (χ1) is 14.1. The first-order valence-electron chi connectivity index (χ1n) is 10.2. The van der Waals surface area contributed by atoms with Gasteiger partial charge in [0.15, 0.2) is 17.0 Å².